The number of halogens is 2. The molecule has 94 valence electrons. The number of ether oxygens (including phenoxy) is 1. The zero-order chi connectivity index (χ0) is 13.0. The molecule has 2 rings (SSSR count). The van der Waals surface area contributed by atoms with Crippen LogP contribution in [-0.4, -0.2) is 0 Å². The highest BCUT2D eigenvalue weighted by Crippen LogP contribution is 2.26. The largest absolute Gasteiger partial charge is 0.489 e. The van der Waals surface area contributed by atoms with Gasteiger partial charge in [0.1, 0.15) is 12.4 Å². The van der Waals surface area contributed by atoms with Crippen molar-refractivity contribution < 1.29 is 4.74 Å². The molecule has 0 heterocycles. The second kappa shape index (κ2) is 6.39. The molecule has 0 radical (unpaired) electrons. The van der Waals surface area contributed by atoms with E-state index in [-0.39, 0.29) is 0 Å². The molecule has 0 fully saturated rings. The summed E-state index contributed by atoms with van der Waals surface area (Å²) in [4.78, 5) is 0. The molecule has 0 aromatic heterocycles. The van der Waals surface area contributed by atoms with Crippen molar-refractivity contribution in [2.75, 3.05) is 0 Å². The van der Waals surface area contributed by atoms with Crippen LogP contribution in [0.5, 0.6) is 5.75 Å². The van der Waals surface area contributed by atoms with E-state index in [0.717, 1.165) is 21.1 Å². The lowest BCUT2D eigenvalue weighted by Crippen LogP contribution is -1.97. The van der Waals surface area contributed by atoms with E-state index in [1.807, 2.05) is 12.1 Å². The predicted octanol–water partition coefficient (Wildman–Crippen LogP) is 5.23. The SMILES string of the molecule is Cc1ccc(COc2ccc(Br)cc2CBr)cc1. The van der Waals surface area contributed by atoms with Gasteiger partial charge in [-0.15, -0.1) is 0 Å². The highest BCUT2D eigenvalue weighted by atomic mass is 79.9. The van der Waals surface area contributed by atoms with Crippen LogP contribution >= 0.6 is 31.9 Å². The van der Waals surface area contributed by atoms with E-state index in [4.69, 9.17) is 4.74 Å². The quantitative estimate of drug-likeness (QED) is 0.670. The van der Waals surface area contributed by atoms with Crippen LogP contribution in [0.25, 0.3) is 0 Å². The highest BCUT2D eigenvalue weighted by Gasteiger charge is 2.03. The summed E-state index contributed by atoms with van der Waals surface area (Å²) in [6.45, 7) is 2.68. The summed E-state index contributed by atoms with van der Waals surface area (Å²) in [7, 11) is 0. The van der Waals surface area contributed by atoms with Gasteiger partial charge in [-0.2, -0.15) is 0 Å². The Balaban J connectivity index is 2.08. The van der Waals surface area contributed by atoms with Crippen molar-refractivity contribution in [3.63, 3.8) is 0 Å². The lowest BCUT2D eigenvalue weighted by atomic mass is 10.2. The third kappa shape index (κ3) is 3.59. The van der Waals surface area contributed by atoms with Crippen LogP contribution in [0.1, 0.15) is 16.7 Å². The number of aryl methyl sites for hydroxylation is 1. The highest BCUT2D eigenvalue weighted by molar-refractivity contribution is 9.10. The second-order valence-corrected chi connectivity index (χ2v) is 5.64. The van der Waals surface area contributed by atoms with E-state index in [1.54, 1.807) is 0 Å². The van der Waals surface area contributed by atoms with E-state index in [0.29, 0.717) is 6.61 Å². The molecule has 0 N–H and O–H groups in total. The smallest absolute Gasteiger partial charge is 0.123 e. The van der Waals surface area contributed by atoms with E-state index in [2.05, 4.69) is 69.1 Å². The van der Waals surface area contributed by atoms with Crippen molar-refractivity contribution in [1.82, 2.24) is 0 Å². The van der Waals surface area contributed by atoms with Gasteiger partial charge in [0, 0.05) is 15.4 Å². The molecule has 0 amide bonds. The number of benzene rings is 2. The van der Waals surface area contributed by atoms with Crippen molar-refractivity contribution >= 4 is 31.9 Å². The van der Waals surface area contributed by atoms with Gasteiger partial charge in [-0.3, -0.25) is 0 Å². The van der Waals surface area contributed by atoms with Crippen molar-refractivity contribution in [1.29, 1.82) is 0 Å². The number of hydrogen-bond acceptors (Lipinski definition) is 1. The standard InChI is InChI=1S/C15H14Br2O/c1-11-2-4-12(5-3-11)10-18-15-7-6-14(17)8-13(15)9-16/h2-8H,9-10H2,1H3. The first kappa shape index (κ1) is 13.6. The zero-order valence-corrected chi connectivity index (χ0v) is 13.3. The van der Waals surface area contributed by atoms with Crippen molar-refractivity contribution in [3.8, 4) is 5.75 Å². The van der Waals surface area contributed by atoms with Gasteiger partial charge in [0.2, 0.25) is 0 Å². The van der Waals surface area contributed by atoms with Crippen molar-refractivity contribution in [3.05, 3.63) is 63.6 Å². The Bertz CT molecular complexity index is 521. The molecule has 0 aliphatic heterocycles. The Kier molecular flexibility index (Phi) is 4.84. The van der Waals surface area contributed by atoms with Crippen LogP contribution < -0.4 is 4.74 Å². The van der Waals surface area contributed by atoms with Crippen molar-refractivity contribution in [2.24, 2.45) is 0 Å². The summed E-state index contributed by atoms with van der Waals surface area (Å²) in [6, 6.07) is 14.5. The number of alkyl halides is 1. The fraction of sp³-hybridized carbons (Fsp3) is 0.200. The first-order valence-electron chi connectivity index (χ1n) is 5.72. The summed E-state index contributed by atoms with van der Waals surface area (Å²) in [5, 5.41) is 0.787. The molecule has 0 saturated heterocycles. The Labute approximate surface area is 124 Å². The van der Waals surface area contributed by atoms with Gasteiger partial charge in [-0.1, -0.05) is 61.7 Å². The van der Waals surface area contributed by atoms with Crippen LogP contribution in [0.4, 0.5) is 0 Å². The van der Waals surface area contributed by atoms with Crippen LogP contribution in [0, 0.1) is 6.92 Å². The average molecular weight is 370 g/mol. The molecule has 0 aliphatic carbocycles. The van der Waals surface area contributed by atoms with E-state index in [1.165, 1.54) is 11.1 Å². The Morgan fingerprint density at radius 1 is 1.06 bits per heavy atom. The number of hydrogen-bond donors (Lipinski definition) is 0. The molecule has 0 saturated carbocycles. The third-order valence-electron chi connectivity index (χ3n) is 2.68. The molecule has 0 bridgehead atoms. The molecule has 18 heavy (non-hydrogen) atoms. The molecule has 0 aliphatic rings. The van der Waals surface area contributed by atoms with Gasteiger partial charge in [0.15, 0.2) is 0 Å². The van der Waals surface area contributed by atoms with Crippen LogP contribution in [0.3, 0.4) is 0 Å². The molecular weight excluding hydrogens is 356 g/mol. The minimum Gasteiger partial charge on any atom is -0.489 e. The minimum absolute atomic E-state index is 0.599. The lowest BCUT2D eigenvalue weighted by Gasteiger charge is -2.10. The Hall–Kier alpha value is -0.800. The normalized spacial score (nSPS) is 10.4. The summed E-state index contributed by atoms with van der Waals surface area (Å²) in [5.74, 6) is 0.927. The minimum atomic E-state index is 0.599. The first-order valence-corrected chi connectivity index (χ1v) is 7.63. The number of rotatable bonds is 4. The topological polar surface area (TPSA) is 9.23 Å². The fourth-order valence-electron chi connectivity index (χ4n) is 1.64. The lowest BCUT2D eigenvalue weighted by molar-refractivity contribution is 0.304. The van der Waals surface area contributed by atoms with Gasteiger partial charge < -0.3 is 4.74 Å². The van der Waals surface area contributed by atoms with Gasteiger partial charge >= 0.3 is 0 Å². The second-order valence-electron chi connectivity index (χ2n) is 4.16. The summed E-state index contributed by atoms with van der Waals surface area (Å²) in [6.07, 6.45) is 0. The Morgan fingerprint density at radius 2 is 1.78 bits per heavy atom. The van der Waals surface area contributed by atoms with Gasteiger partial charge in [0.05, 0.1) is 0 Å². The van der Waals surface area contributed by atoms with E-state index < -0.39 is 0 Å². The third-order valence-corrected chi connectivity index (χ3v) is 3.78. The molecule has 2 aromatic rings. The van der Waals surface area contributed by atoms with E-state index in [9.17, 15) is 0 Å². The molecule has 1 nitrogen and oxygen atoms in total. The van der Waals surface area contributed by atoms with Crippen LogP contribution in [0.2, 0.25) is 0 Å². The van der Waals surface area contributed by atoms with Crippen molar-refractivity contribution in [2.45, 2.75) is 18.9 Å². The maximum Gasteiger partial charge on any atom is 0.123 e. The van der Waals surface area contributed by atoms with Gasteiger partial charge in [-0.25, -0.2) is 0 Å². The molecule has 2 aromatic carbocycles. The fourth-order valence-corrected chi connectivity index (χ4v) is 2.49. The average Bonchev–Trinajstić information content (AvgIpc) is 2.39. The monoisotopic (exact) mass is 368 g/mol. The van der Waals surface area contributed by atoms with Crippen LogP contribution in [-0.2, 0) is 11.9 Å². The summed E-state index contributed by atoms with van der Waals surface area (Å²) in [5.41, 5.74) is 3.60. The predicted molar refractivity (Wildman–Crippen MR) is 82.3 cm³/mol. The zero-order valence-electron chi connectivity index (χ0n) is 10.1. The molecule has 0 unspecified atom stereocenters. The van der Waals surface area contributed by atoms with E-state index >= 15 is 0 Å². The molecule has 3 heteroatoms. The maximum absolute atomic E-state index is 5.86. The molecular formula is C15H14Br2O. The summed E-state index contributed by atoms with van der Waals surface area (Å²) >= 11 is 6.94. The van der Waals surface area contributed by atoms with Gasteiger partial charge in [-0.05, 0) is 30.7 Å². The molecule has 0 spiro atoms. The van der Waals surface area contributed by atoms with Gasteiger partial charge in [0.25, 0.3) is 0 Å². The maximum atomic E-state index is 5.86. The van der Waals surface area contributed by atoms with Crippen LogP contribution in [0.15, 0.2) is 46.9 Å². The first-order chi connectivity index (χ1) is 8.69. The molecule has 0 atom stereocenters. The Morgan fingerprint density at radius 3 is 2.44 bits per heavy atom. The summed E-state index contributed by atoms with van der Waals surface area (Å²) < 4.78 is 6.93.